The fourth-order valence-electron chi connectivity index (χ4n) is 1.90. The van der Waals surface area contributed by atoms with Gasteiger partial charge in [0.1, 0.15) is 11.6 Å². The van der Waals surface area contributed by atoms with E-state index in [0.29, 0.717) is 18.8 Å². The Morgan fingerprint density at radius 2 is 2.16 bits per heavy atom. The van der Waals surface area contributed by atoms with Crippen LogP contribution in [0.15, 0.2) is 18.2 Å². The molecule has 0 saturated carbocycles. The summed E-state index contributed by atoms with van der Waals surface area (Å²) >= 11 is 0. The first-order valence-corrected chi connectivity index (χ1v) is 6.13. The first-order valence-electron chi connectivity index (χ1n) is 6.13. The smallest absolute Gasteiger partial charge is 0.304 e. The summed E-state index contributed by atoms with van der Waals surface area (Å²) < 4.78 is 18.6. The maximum atomic E-state index is 13.4. The SMILES string of the molecule is COc1ccc(F)cc1C(C)(C)CNCCC(=O)O. The van der Waals surface area contributed by atoms with Gasteiger partial charge in [0, 0.05) is 24.1 Å². The Morgan fingerprint density at radius 1 is 1.47 bits per heavy atom. The first-order chi connectivity index (χ1) is 8.86. The minimum absolute atomic E-state index is 0.0658. The Morgan fingerprint density at radius 3 is 2.74 bits per heavy atom. The molecular formula is C14H20FNO3. The molecule has 0 bridgehead atoms. The summed E-state index contributed by atoms with van der Waals surface area (Å²) in [6.07, 6.45) is 0.0658. The van der Waals surface area contributed by atoms with Crippen LogP contribution in [0.3, 0.4) is 0 Å². The van der Waals surface area contributed by atoms with Crippen molar-refractivity contribution in [3.8, 4) is 5.75 Å². The highest BCUT2D eigenvalue weighted by atomic mass is 19.1. The fourth-order valence-corrected chi connectivity index (χ4v) is 1.90. The van der Waals surface area contributed by atoms with Crippen molar-refractivity contribution in [3.05, 3.63) is 29.6 Å². The molecule has 1 aromatic carbocycles. The quantitative estimate of drug-likeness (QED) is 0.745. The largest absolute Gasteiger partial charge is 0.496 e. The van der Waals surface area contributed by atoms with Crippen LogP contribution in [0.25, 0.3) is 0 Å². The number of methoxy groups -OCH3 is 1. The molecule has 0 aromatic heterocycles. The van der Waals surface area contributed by atoms with Crippen LogP contribution < -0.4 is 10.1 Å². The number of hydrogen-bond acceptors (Lipinski definition) is 3. The minimum Gasteiger partial charge on any atom is -0.496 e. The molecule has 2 N–H and O–H groups in total. The Hall–Kier alpha value is -1.62. The van der Waals surface area contributed by atoms with E-state index in [9.17, 15) is 9.18 Å². The summed E-state index contributed by atoms with van der Waals surface area (Å²) in [6, 6.07) is 4.41. The van der Waals surface area contributed by atoms with Crippen LogP contribution in [0.4, 0.5) is 4.39 Å². The van der Waals surface area contributed by atoms with Crippen LogP contribution in [-0.2, 0) is 10.2 Å². The van der Waals surface area contributed by atoms with E-state index in [4.69, 9.17) is 9.84 Å². The first kappa shape index (κ1) is 15.4. The summed E-state index contributed by atoms with van der Waals surface area (Å²) in [4.78, 5) is 10.4. The predicted octanol–water partition coefficient (Wildman–Crippen LogP) is 2.18. The highest BCUT2D eigenvalue weighted by Crippen LogP contribution is 2.31. The molecular weight excluding hydrogens is 249 g/mol. The van der Waals surface area contributed by atoms with Gasteiger partial charge < -0.3 is 15.2 Å². The van der Waals surface area contributed by atoms with Crippen LogP contribution >= 0.6 is 0 Å². The summed E-state index contributed by atoms with van der Waals surface area (Å²) in [5, 5.41) is 11.6. The molecule has 0 unspecified atom stereocenters. The monoisotopic (exact) mass is 269 g/mol. The molecule has 0 heterocycles. The number of benzene rings is 1. The van der Waals surface area contributed by atoms with Crippen LogP contribution in [0.5, 0.6) is 5.75 Å². The van der Waals surface area contributed by atoms with E-state index in [-0.39, 0.29) is 17.7 Å². The molecule has 0 spiro atoms. The van der Waals surface area contributed by atoms with Crippen molar-refractivity contribution >= 4 is 5.97 Å². The minimum atomic E-state index is -0.839. The average Bonchev–Trinajstić information content (AvgIpc) is 2.34. The number of ether oxygens (including phenoxy) is 1. The van der Waals surface area contributed by atoms with Crippen LogP contribution in [0.2, 0.25) is 0 Å². The maximum absolute atomic E-state index is 13.4. The number of carbonyl (C=O) groups is 1. The van der Waals surface area contributed by atoms with Gasteiger partial charge in [-0.3, -0.25) is 4.79 Å². The molecule has 0 aliphatic carbocycles. The van der Waals surface area contributed by atoms with Crippen molar-refractivity contribution in [2.45, 2.75) is 25.7 Å². The van der Waals surface area contributed by atoms with Crippen molar-refractivity contribution in [3.63, 3.8) is 0 Å². The van der Waals surface area contributed by atoms with Crippen molar-refractivity contribution in [1.29, 1.82) is 0 Å². The third-order valence-corrected chi connectivity index (χ3v) is 2.97. The molecule has 0 aliphatic rings. The zero-order valence-corrected chi connectivity index (χ0v) is 11.5. The van der Waals surface area contributed by atoms with Gasteiger partial charge in [0.25, 0.3) is 0 Å². The molecule has 0 saturated heterocycles. The summed E-state index contributed by atoms with van der Waals surface area (Å²) in [7, 11) is 1.55. The van der Waals surface area contributed by atoms with Crippen molar-refractivity contribution in [2.75, 3.05) is 20.2 Å². The average molecular weight is 269 g/mol. The number of carboxylic acids is 1. The number of carboxylic acid groups (broad SMARTS) is 1. The van der Waals surface area contributed by atoms with Gasteiger partial charge in [0.05, 0.1) is 13.5 Å². The third-order valence-electron chi connectivity index (χ3n) is 2.97. The second-order valence-electron chi connectivity index (χ2n) is 5.05. The van der Waals surface area contributed by atoms with Crippen LogP contribution in [0.1, 0.15) is 25.8 Å². The molecule has 0 fully saturated rings. The van der Waals surface area contributed by atoms with Gasteiger partial charge in [-0.25, -0.2) is 4.39 Å². The molecule has 0 radical (unpaired) electrons. The van der Waals surface area contributed by atoms with Crippen molar-refractivity contribution in [2.24, 2.45) is 0 Å². The zero-order valence-electron chi connectivity index (χ0n) is 11.5. The summed E-state index contributed by atoms with van der Waals surface area (Å²) in [5.74, 6) is -0.519. The van der Waals surface area contributed by atoms with E-state index < -0.39 is 5.97 Å². The van der Waals surface area contributed by atoms with E-state index in [0.717, 1.165) is 5.56 Å². The van der Waals surface area contributed by atoms with Crippen molar-refractivity contribution in [1.82, 2.24) is 5.32 Å². The number of rotatable bonds is 7. The molecule has 106 valence electrons. The van der Waals surface area contributed by atoms with Gasteiger partial charge in [0.2, 0.25) is 0 Å². The molecule has 0 amide bonds. The highest BCUT2D eigenvalue weighted by Gasteiger charge is 2.24. The molecule has 0 aliphatic heterocycles. The van der Waals surface area contributed by atoms with E-state index in [1.54, 1.807) is 13.2 Å². The van der Waals surface area contributed by atoms with Crippen molar-refractivity contribution < 1.29 is 19.0 Å². The lowest BCUT2D eigenvalue weighted by Gasteiger charge is -2.27. The number of hydrogen-bond donors (Lipinski definition) is 2. The maximum Gasteiger partial charge on any atom is 0.304 e. The second kappa shape index (κ2) is 6.52. The van der Waals surface area contributed by atoms with E-state index in [1.165, 1.54) is 12.1 Å². The Bertz CT molecular complexity index is 446. The van der Waals surface area contributed by atoms with E-state index in [1.807, 2.05) is 13.8 Å². The summed E-state index contributed by atoms with van der Waals surface area (Å²) in [5.41, 5.74) is 0.407. The number of aliphatic carboxylic acids is 1. The lowest BCUT2D eigenvalue weighted by Crippen LogP contribution is -2.34. The van der Waals surface area contributed by atoms with E-state index >= 15 is 0 Å². The standard InChI is InChI=1S/C14H20FNO3/c1-14(2,9-16-7-6-13(17)18)11-8-10(15)4-5-12(11)19-3/h4-5,8,16H,6-7,9H2,1-3H3,(H,17,18). The van der Waals surface area contributed by atoms with Gasteiger partial charge >= 0.3 is 5.97 Å². The van der Waals surface area contributed by atoms with E-state index in [2.05, 4.69) is 5.32 Å². The van der Waals surface area contributed by atoms with Gasteiger partial charge in [-0.15, -0.1) is 0 Å². The zero-order chi connectivity index (χ0) is 14.5. The lowest BCUT2D eigenvalue weighted by molar-refractivity contribution is -0.136. The summed E-state index contributed by atoms with van der Waals surface area (Å²) in [6.45, 7) is 4.84. The molecule has 0 atom stereocenters. The molecule has 1 aromatic rings. The Kier molecular flexibility index (Phi) is 5.30. The van der Waals surface area contributed by atoms with Crippen LogP contribution in [-0.4, -0.2) is 31.3 Å². The van der Waals surface area contributed by atoms with Gasteiger partial charge in [0.15, 0.2) is 0 Å². The number of nitrogens with one attached hydrogen (secondary N) is 1. The third kappa shape index (κ3) is 4.52. The molecule has 4 nitrogen and oxygen atoms in total. The van der Waals surface area contributed by atoms with Gasteiger partial charge in [-0.2, -0.15) is 0 Å². The molecule has 1 rings (SSSR count). The fraction of sp³-hybridized carbons (Fsp3) is 0.500. The predicted molar refractivity (Wildman–Crippen MR) is 71.1 cm³/mol. The Labute approximate surface area is 112 Å². The molecule has 5 heteroatoms. The normalized spacial score (nSPS) is 11.4. The number of halogens is 1. The molecule has 19 heavy (non-hydrogen) atoms. The second-order valence-corrected chi connectivity index (χ2v) is 5.05. The lowest BCUT2D eigenvalue weighted by atomic mass is 9.83. The van der Waals surface area contributed by atoms with Gasteiger partial charge in [-0.05, 0) is 18.2 Å². The van der Waals surface area contributed by atoms with Crippen LogP contribution in [0, 0.1) is 5.82 Å². The highest BCUT2D eigenvalue weighted by molar-refractivity contribution is 5.66. The van der Waals surface area contributed by atoms with Gasteiger partial charge in [-0.1, -0.05) is 13.8 Å². The Balaban J connectivity index is 2.75. The topological polar surface area (TPSA) is 58.6 Å².